The van der Waals surface area contributed by atoms with Crippen molar-refractivity contribution in [2.75, 3.05) is 5.33 Å². The van der Waals surface area contributed by atoms with E-state index in [0.29, 0.717) is 16.2 Å². The molecule has 0 aliphatic carbocycles. The Hall–Kier alpha value is -0.400. The van der Waals surface area contributed by atoms with Crippen molar-refractivity contribution in [3.05, 3.63) is 34.1 Å². The minimum atomic E-state index is -0.277. The zero-order valence-electron chi connectivity index (χ0n) is 7.30. The first-order valence-corrected chi connectivity index (χ1v) is 5.98. The molecule has 1 aromatic carbocycles. The molecule has 1 unspecified atom stereocenters. The summed E-state index contributed by atoms with van der Waals surface area (Å²) in [4.78, 5) is 0. The van der Waals surface area contributed by atoms with Gasteiger partial charge in [-0.2, -0.15) is 5.26 Å². The van der Waals surface area contributed by atoms with Crippen LogP contribution in [0.2, 0.25) is 0 Å². The highest BCUT2D eigenvalue weighted by molar-refractivity contribution is 9.10. The van der Waals surface area contributed by atoms with Crippen LogP contribution in [-0.4, -0.2) is 5.33 Å². The summed E-state index contributed by atoms with van der Waals surface area (Å²) in [7, 11) is 0. The summed E-state index contributed by atoms with van der Waals surface area (Å²) in [5.74, 6) is -0.339. The predicted molar refractivity (Wildman–Crippen MR) is 60.7 cm³/mol. The molecule has 0 fully saturated rings. The Balaban J connectivity index is 2.78. The van der Waals surface area contributed by atoms with Gasteiger partial charge < -0.3 is 0 Å². The van der Waals surface area contributed by atoms with Crippen LogP contribution in [0, 0.1) is 23.1 Å². The molecule has 0 radical (unpaired) electrons. The molecule has 1 atom stereocenters. The second-order valence-electron chi connectivity index (χ2n) is 2.93. The highest BCUT2D eigenvalue weighted by atomic mass is 79.9. The van der Waals surface area contributed by atoms with Gasteiger partial charge in [0.1, 0.15) is 5.82 Å². The molecule has 0 N–H and O–H groups in total. The highest BCUT2D eigenvalue weighted by Gasteiger charge is 2.08. The van der Waals surface area contributed by atoms with E-state index in [1.807, 2.05) is 0 Å². The third-order valence-corrected chi connectivity index (χ3v) is 3.22. The van der Waals surface area contributed by atoms with Crippen molar-refractivity contribution >= 4 is 31.9 Å². The molecule has 1 nitrogen and oxygen atoms in total. The van der Waals surface area contributed by atoms with Gasteiger partial charge in [0, 0.05) is 5.33 Å². The van der Waals surface area contributed by atoms with Crippen LogP contribution >= 0.6 is 31.9 Å². The van der Waals surface area contributed by atoms with Gasteiger partial charge in [0.05, 0.1) is 16.5 Å². The van der Waals surface area contributed by atoms with Crippen LogP contribution in [0.5, 0.6) is 0 Å². The Bertz CT molecular complexity index is 360. The van der Waals surface area contributed by atoms with Crippen LogP contribution in [0.25, 0.3) is 0 Å². The molecule has 0 aromatic heterocycles. The maximum Gasteiger partial charge on any atom is 0.137 e. The molecule has 14 heavy (non-hydrogen) atoms. The fraction of sp³-hybridized carbons (Fsp3) is 0.300. The number of benzene rings is 1. The maximum atomic E-state index is 12.9. The van der Waals surface area contributed by atoms with Crippen molar-refractivity contribution in [1.29, 1.82) is 5.26 Å². The van der Waals surface area contributed by atoms with E-state index in [2.05, 4.69) is 37.9 Å². The molecule has 0 heterocycles. The van der Waals surface area contributed by atoms with Gasteiger partial charge >= 0.3 is 0 Å². The summed E-state index contributed by atoms with van der Waals surface area (Å²) in [6.45, 7) is 0. The Labute approximate surface area is 99.2 Å². The molecule has 0 spiro atoms. The molecular weight excluding hydrogens is 313 g/mol. The third kappa shape index (κ3) is 3.07. The van der Waals surface area contributed by atoms with E-state index in [0.717, 1.165) is 5.56 Å². The normalized spacial score (nSPS) is 12.1. The van der Waals surface area contributed by atoms with E-state index in [4.69, 9.17) is 5.26 Å². The van der Waals surface area contributed by atoms with Crippen LogP contribution < -0.4 is 0 Å². The Morgan fingerprint density at radius 2 is 2.21 bits per heavy atom. The van der Waals surface area contributed by atoms with E-state index < -0.39 is 0 Å². The van der Waals surface area contributed by atoms with Crippen LogP contribution in [0.1, 0.15) is 5.56 Å². The van der Waals surface area contributed by atoms with Gasteiger partial charge in [-0.15, -0.1) is 0 Å². The van der Waals surface area contributed by atoms with Crippen molar-refractivity contribution < 1.29 is 4.39 Å². The fourth-order valence-corrected chi connectivity index (χ4v) is 1.89. The lowest BCUT2D eigenvalue weighted by Crippen LogP contribution is -2.03. The Kier molecular flexibility index (Phi) is 4.56. The first kappa shape index (κ1) is 11.7. The number of nitrogens with zero attached hydrogens (tertiary/aromatic N) is 1. The largest absolute Gasteiger partial charge is 0.206 e. The molecule has 0 saturated heterocycles. The molecule has 0 saturated carbocycles. The van der Waals surface area contributed by atoms with Gasteiger partial charge in [0.25, 0.3) is 0 Å². The van der Waals surface area contributed by atoms with Crippen LogP contribution in [-0.2, 0) is 6.42 Å². The van der Waals surface area contributed by atoms with Crippen molar-refractivity contribution in [3.63, 3.8) is 0 Å². The van der Waals surface area contributed by atoms with Crippen molar-refractivity contribution in [2.24, 2.45) is 5.92 Å². The van der Waals surface area contributed by atoms with Crippen LogP contribution in [0.15, 0.2) is 22.7 Å². The minimum Gasteiger partial charge on any atom is -0.206 e. The fourth-order valence-electron chi connectivity index (χ4n) is 1.09. The molecule has 1 aromatic rings. The highest BCUT2D eigenvalue weighted by Crippen LogP contribution is 2.19. The van der Waals surface area contributed by atoms with E-state index in [-0.39, 0.29) is 11.7 Å². The summed E-state index contributed by atoms with van der Waals surface area (Å²) in [5, 5.41) is 9.38. The molecule has 0 bridgehead atoms. The van der Waals surface area contributed by atoms with Gasteiger partial charge in [-0.3, -0.25) is 0 Å². The number of hydrogen-bond donors (Lipinski definition) is 0. The van der Waals surface area contributed by atoms with Crippen molar-refractivity contribution in [3.8, 4) is 6.07 Å². The summed E-state index contributed by atoms with van der Waals surface area (Å²) >= 11 is 6.37. The first-order chi connectivity index (χ1) is 6.67. The molecule has 1 rings (SSSR count). The first-order valence-electron chi connectivity index (χ1n) is 4.07. The van der Waals surface area contributed by atoms with Crippen LogP contribution in [0.3, 0.4) is 0 Å². The number of nitriles is 1. The Morgan fingerprint density at radius 3 is 2.71 bits per heavy atom. The van der Waals surface area contributed by atoms with Crippen molar-refractivity contribution in [2.45, 2.75) is 6.42 Å². The SMILES string of the molecule is N#CC(CBr)Cc1ccc(F)c(Br)c1. The number of alkyl halides is 1. The molecule has 0 aliphatic rings. The molecular formula is C10H8Br2FN. The number of halogens is 3. The average Bonchev–Trinajstić information content (AvgIpc) is 2.19. The molecule has 4 heteroatoms. The quantitative estimate of drug-likeness (QED) is 0.780. The topological polar surface area (TPSA) is 23.8 Å². The zero-order valence-corrected chi connectivity index (χ0v) is 10.5. The summed E-state index contributed by atoms with van der Waals surface area (Å²) < 4.78 is 13.3. The predicted octanol–water partition coefficient (Wildman–Crippen LogP) is 3.67. The zero-order chi connectivity index (χ0) is 10.6. The van der Waals surface area contributed by atoms with Gasteiger partial charge in [-0.1, -0.05) is 22.0 Å². The summed E-state index contributed by atoms with van der Waals surface area (Å²) in [5.41, 5.74) is 0.962. The molecule has 0 amide bonds. The molecule has 74 valence electrons. The lowest BCUT2D eigenvalue weighted by Gasteiger charge is -2.05. The number of rotatable bonds is 3. The second kappa shape index (κ2) is 5.47. The van der Waals surface area contributed by atoms with E-state index >= 15 is 0 Å². The van der Waals surface area contributed by atoms with Gasteiger partial charge in [-0.25, -0.2) is 4.39 Å². The number of hydrogen-bond acceptors (Lipinski definition) is 1. The maximum absolute atomic E-state index is 12.9. The van der Waals surface area contributed by atoms with Gasteiger partial charge in [-0.05, 0) is 40.0 Å². The average molecular weight is 321 g/mol. The third-order valence-electron chi connectivity index (χ3n) is 1.83. The monoisotopic (exact) mass is 319 g/mol. The van der Waals surface area contributed by atoms with Gasteiger partial charge in [0.2, 0.25) is 0 Å². The van der Waals surface area contributed by atoms with E-state index in [1.165, 1.54) is 6.07 Å². The lowest BCUT2D eigenvalue weighted by atomic mass is 10.0. The minimum absolute atomic E-state index is 0.0626. The van der Waals surface area contributed by atoms with Gasteiger partial charge in [0.15, 0.2) is 0 Å². The lowest BCUT2D eigenvalue weighted by molar-refractivity contribution is 0.619. The summed E-state index contributed by atoms with van der Waals surface area (Å²) in [6.07, 6.45) is 0.640. The molecule has 0 aliphatic heterocycles. The van der Waals surface area contributed by atoms with Crippen LogP contribution in [0.4, 0.5) is 4.39 Å². The Morgan fingerprint density at radius 1 is 1.50 bits per heavy atom. The standard InChI is InChI=1S/C10H8Br2FN/c11-5-8(6-14)3-7-1-2-10(13)9(12)4-7/h1-2,4,8H,3,5H2. The summed E-state index contributed by atoms with van der Waals surface area (Å²) in [6, 6.07) is 7.00. The van der Waals surface area contributed by atoms with E-state index in [9.17, 15) is 4.39 Å². The second-order valence-corrected chi connectivity index (χ2v) is 4.43. The van der Waals surface area contributed by atoms with Crippen molar-refractivity contribution in [1.82, 2.24) is 0 Å². The smallest absolute Gasteiger partial charge is 0.137 e. The van der Waals surface area contributed by atoms with E-state index in [1.54, 1.807) is 12.1 Å².